The molecule has 104 valence electrons. The van der Waals surface area contributed by atoms with Gasteiger partial charge in [0.25, 0.3) is 0 Å². The quantitative estimate of drug-likeness (QED) is 0.817. The van der Waals surface area contributed by atoms with E-state index in [0.717, 1.165) is 31.5 Å². The number of ether oxygens (including phenoxy) is 1. The summed E-state index contributed by atoms with van der Waals surface area (Å²) in [5, 5.41) is 0. The number of rotatable bonds is 2. The molecule has 3 rings (SSSR count). The summed E-state index contributed by atoms with van der Waals surface area (Å²) in [6, 6.07) is 0. The predicted octanol–water partition coefficient (Wildman–Crippen LogP) is 2.00. The summed E-state index contributed by atoms with van der Waals surface area (Å²) < 4.78 is 6.05. The van der Waals surface area contributed by atoms with Gasteiger partial charge in [-0.3, -0.25) is 4.90 Å². The molecule has 3 fully saturated rings. The maximum atomic E-state index is 6.24. The highest BCUT2D eigenvalue weighted by Gasteiger charge is 2.57. The zero-order valence-corrected chi connectivity index (χ0v) is 12.1. The molecule has 0 aromatic carbocycles. The molecule has 0 radical (unpaired) electrons. The molecule has 18 heavy (non-hydrogen) atoms. The summed E-state index contributed by atoms with van der Waals surface area (Å²) in [5.74, 6) is 1.85. The van der Waals surface area contributed by atoms with Crippen molar-refractivity contribution in [2.24, 2.45) is 17.6 Å². The number of nitrogens with two attached hydrogens (primary N) is 1. The van der Waals surface area contributed by atoms with Crippen LogP contribution in [-0.4, -0.2) is 41.8 Å². The van der Waals surface area contributed by atoms with Crippen LogP contribution in [0.4, 0.5) is 0 Å². The summed E-state index contributed by atoms with van der Waals surface area (Å²) in [4.78, 5) is 2.69. The highest BCUT2D eigenvalue weighted by molar-refractivity contribution is 5.12. The van der Waals surface area contributed by atoms with Gasteiger partial charge in [-0.2, -0.15) is 0 Å². The van der Waals surface area contributed by atoms with E-state index in [2.05, 4.69) is 25.7 Å². The highest BCUT2D eigenvalue weighted by atomic mass is 16.5. The molecule has 0 spiro atoms. The van der Waals surface area contributed by atoms with Crippen LogP contribution in [0.3, 0.4) is 0 Å². The summed E-state index contributed by atoms with van der Waals surface area (Å²) in [7, 11) is 0. The zero-order valence-electron chi connectivity index (χ0n) is 12.1. The predicted molar refractivity (Wildman–Crippen MR) is 73.4 cm³/mol. The Kier molecular flexibility index (Phi) is 3.00. The lowest BCUT2D eigenvalue weighted by Gasteiger charge is -2.53. The van der Waals surface area contributed by atoms with Crippen molar-refractivity contribution >= 4 is 0 Å². The first kappa shape index (κ1) is 12.9. The van der Waals surface area contributed by atoms with Crippen LogP contribution >= 0.6 is 0 Å². The molecule has 1 heterocycles. The van der Waals surface area contributed by atoms with Gasteiger partial charge in [0, 0.05) is 25.2 Å². The maximum Gasteiger partial charge on any atom is 0.0757 e. The van der Waals surface area contributed by atoms with Gasteiger partial charge in [-0.25, -0.2) is 0 Å². The normalized spacial score (nSPS) is 47.7. The van der Waals surface area contributed by atoms with Crippen LogP contribution in [0.5, 0.6) is 0 Å². The van der Waals surface area contributed by atoms with Crippen molar-refractivity contribution in [2.45, 2.75) is 63.7 Å². The molecule has 0 aromatic heterocycles. The molecular formula is C15H28N2O. The van der Waals surface area contributed by atoms with Crippen LogP contribution in [0.2, 0.25) is 0 Å². The lowest BCUT2D eigenvalue weighted by Crippen LogP contribution is -2.65. The zero-order chi connectivity index (χ0) is 13.0. The molecule has 2 saturated carbocycles. The Bertz CT molecular complexity index is 330. The molecule has 3 nitrogen and oxygen atoms in total. The number of fused-ring (bicyclic) bond motifs is 1. The first-order valence-electron chi connectivity index (χ1n) is 7.60. The second-order valence-electron chi connectivity index (χ2n) is 7.37. The van der Waals surface area contributed by atoms with E-state index in [1.165, 1.54) is 25.7 Å². The minimum atomic E-state index is -0.0261. The average Bonchev–Trinajstić information content (AvgIpc) is 3.04. The molecule has 3 aliphatic rings. The Morgan fingerprint density at radius 1 is 1.39 bits per heavy atom. The second kappa shape index (κ2) is 4.19. The van der Waals surface area contributed by atoms with Gasteiger partial charge >= 0.3 is 0 Å². The minimum absolute atomic E-state index is 0.0261. The van der Waals surface area contributed by atoms with Crippen LogP contribution < -0.4 is 5.73 Å². The largest absolute Gasteiger partial charge is 0.370 e. The van der Waals surface area contributed by atoms with Crippen molar-refractivity contribution in [1.29, 1.82) is 0 Å². The molecule has 3 heteroatoms. The average molecular weight is 252 g/mol. The molecule has 2 aliphatic carbocycles. The van der Waals surface area contributed by atoms with Crippen LogP contribution in [0.25, 0.3) is 0 Å². The maximum absolute atomic E-state index is 6.24. The summed E-state index contributed by atoms with van der Waals surface area (Å²) in [6.45, 7) is 9.56. The fraction of sp³-hybridized carbons (Fsp3) is 1.00. The van der Waals surface area contributed by atoms with E-state index in [-0.39, 0.29) is 11.1 Å². The van der Waals surface area contributed by atoms with E-state index in [9.17, 15) is 0 Å². The molecule has 4 unspecified atom stereocenters. The second-order valence-corrected chi connectivity index (χ2v) is 7.37. The first-order chi connectivity index (χ1) is 8.47. The minimum Gasteiger partial charge on any atom is -0.370 e. The molecular weight excluding hydrogens is 224 g/mol. The van der Waals surface area contributed by atoms with Crippen LogP contribution in [-0.2, 0) is 4.74 Å². The third-order valence-corrected chi connectivity index (χ3v) is 5.35. The van der Waals surface area contributed by atoms with Crippen molar-refractivity contribution < 1.29 is 4.74 Å². The Morgan fingerprint density at radius 3 is 2.83 bits per heavy atom. The number of hydrogen-bond acceptors (Lipinski definition) is 3. The van der Waals surface area contributed by atoms with Gasteiger partial charge in [0.2, 0.25) is 0 Å². The Balaban J connectivity index is 1.83. The lowest BCUT2D eigenvalue weighted by atomic mass is 9.78. The number of nitrogens with zero attached hydrogens (tertiary/aromatic N) is 1. The fourth-order valence-corrected chi connectivity index (χ4v) is 4.65. The number of morpholine rings is 1. The van der Waals surface area contributed by atoms with E-state index in [1.807, 2.05) is 0 Å². The lowest BCUT2D eigenvalue weighted by molar-refractivity contribution is -0.159. The van der Waals surface area contributed by atoms with Crippen molar-refractivity contribution in [1.82, 2.24) is 4.90 Å². The third kappa shape index (κ3) is 2.00. The smallest absolute Gasteiger partial charge is 0.0757 e. The van der Waals surface area contributed by atoms with Gasteiger partial charge in [-0.05, 0) is 45.4 Å². The van der Waals surface area contributed by atoms with E-state index in [4.69, 9.17) is 10.5 Å². The van der Waals surface area contributed by atoms with E-state index in [1.54, 1.807) is 0 Å². The summed E-state index contributed by atoms with van der Waals surface area (Å²) >= 11 is 0. The Hall–Kier alpha value is -0.120. The van der Waals surface area contributed by atoms with E-state index < -0.39 is 0 Å². The molecule has 0 aromatic rings. The highest BCUT2D eigenvalue weighted by Crippen LogP contribution is 2.57. The van der Waals surface area contributed by atoms with Gasteiger partial charge in [0.05, 0.1) is 11.7 Å². The van der Waals surface area contributed by atoms with Gasteiger partial charge in [0.1, 0.15) is 0 Å². The number of hydrogen-bond donors (Lipinski definition) is 1. The molecule has 1 saturated heterocycles. The molecule has 0 amide bonds. The Morgan fingerprint density at radius 2 is 2.17 bits per heavy atom. The van der Waals surface area contributed by atoms with E-state index in [0.29, 0.717) is 6.10 Å². The Labute approximate surface area is 111 Å². The van der Waals surface area contributed by atoms with Crippen LogP contribution in [0, 0.1) is 11.8 Å². The monoisotopic (exact) mass is 252 g/mol. The third-order valence-electron chi connectivity index (χ3n) is 5.35. The first-order valence-corrected chi connectivity index (χ1v) is 7.60. The van der Waals surface area contributed by atoms with Gasteiger partial charge < -0.3 is 10.5 Å². The van der Waals surface area contributed by atoms with Crippen molar-refractivity contribution in [3.63, 3.8) is 0 Å². The van der Waals surface area contributed by atoms with Crippen molar-refractivity contribution in [3.8, 4) is 0 Å². The van der Waals surface area contributed by atoms with Gasteiger partial charge in [-0.15, -0.1) is 0 Å². The summed E-state index contributed by atoms with van der Waals surface area (Å²) in [6.07, 6.45) is 5.85. The van der Waals surface area contributed by atoms with Gasteiger partial charge in [-0.1, -0.05) is 12.8 Å². The molecule has 2 N–H and O–H groups in total. The molecule has 1 aliphatic heterocycles. The molecule has 4 atom stereocenters. The van der Waals surface area contributed by atoms with Crippen molar-refractivity contribution in [2.75, 3.05) is 19.6 Å². The van der Waals surface area contributed by atoms with Gasteiger partial charge in [0.15, 0.2) is 0 Å². The molecule has 0 bridgehead atoms. The van der Waals surface area contributed by atoms with Crippen molar-refractivity contribution in [3.05, 3.63) is 0 Å². The van der Waals surface area contributed by atoms with Crippen LogP contribution in [0.15, 0.2) is 0 Å². The summed E-state index contributed by atoms with van der Waals surface area (Å²) in [5.41, 5.74) is 6.50. The van der Waals surface area contributed by atoms with Crippen LogP contribution in [0.1, 0.15) is 46.5 Å². The SMILES string of the molecule is CC1CN(C2(CN)CCCC3CC32)CC(C)(C)O1. The fourth-order valence-electron chi connectivity index (χ4n) is 4.65. The standard InChI is InChI=1S/C15H28N2O/c1-11-8-17(10-14(2,3)18-11)15(9-16)6-4-5-12-7-13(12)15/h11-13H,4-10,16H2,1-3H3. The topological polar surface area (TPSA) is 38.5 Å². The van der Waals surface area contributed by atoms with E-state index >= 15 is 0 Å².